The monoisotopic (exact) mass is 184 g/mol. The number of aliphatic hydroxyl groups excluding tert-OH is 1. The number of aromatic nitrogens is 1. The Morgan fingerprint density at radius 3 is 2.77 bits per heavy atom. The molecule has 5 N–H and O–H groups in total. The first-order valence-corrected chi connectivity index (χ1v) is 3.87. The van der Waals surface area contributed by atoms with E-state index >= 15 is 0 Å². The molecule has 0 spiro atoms. The number of aryl methyl sites for hydroxylation is 1. The lowest BCUT2D eigenvalue weighted by Crippen LogP contribution is -2.13. The molecule has 0 bridgehead atoms. The van der Waals surface area contributed by atoms with Gasteiger partial charge in [0.05, 0.1) is 0 Å². The number of nitrogens with one attached hydrogen (secondary N) is 1. The molecular weight excluding hydrogens is 172 g/mol. The van der Waals surface area contributed by atoms with E-state index in [-0.39, 0.29) is 12.2 Å². The zero-order valence-electron chi connectivity index (χ0n) is 7.24. The Morgan fingerprint density at radius 2 is 2.38 bits per heavy atom. The van der Waals surface area contributed by atoms with Gasteiger partial charge in [-0.15, -0.1) is 0 Å². The molecule has 1 aromatic heterocycles. The van der Waals surface area contributed by atoms with E-state index < -0.39 is 12.1 Å². The third kappa shape index (κ3) is 1.88. The van der Waals surface area contributed by atoms with Crippen LogP contribution in [-0.4, -0.2) is 27.7 Å². The van der Waals surface area contributed by atoms with Crippen molar-refractivity contribution in [3.63, 3.8) is 0 Å². The van der Waals surface area contributed by atoms with Crippen LogP contribution in [0.3, 0.4) is 0 Å². The highest BCUT2D eigenvalue weighted by molar-refractivity contribution is 5.86. The molecule has 5 heteroatoms. The summed E-state index contributed by atoms with van der Waals surface area (Å²) in [6.45, 7) is 1.79. The fourth-order valence-corrected chi connectivity index (χ4v) is 1.15. The Kier molecular flexibility index (Phi) is 2.69. The molecule has 72 valence electrons. The van der Waals surface area contributed by atoms with Gasteiger partial charge < -0.3 is 20.9 Å². The standard InChI is InChI=1S/C8H12N2O3/c1-4-2-5(8(12)13)10-7(4)6(11)3-9/h2,6,10-11H,3,9H2,1H3,(H,12,13). The average molecular weight is 184 g/mol. The maximum Gasteiger partial charge on any atom is 0.352 e. The zero-order chi connectivity index (χ0) is 10.0. The summed E-state index contributed by atoms with van der Waals surface area (Å²) in [7, 11) is 0. The second-order valence-electron chi connectivity index (χ2n) is 2.84. The van der Waals surface area contributed by atoms with E-state index in [4.69, 9.17) is 10.8 Å². The van der Waals surface area contributed by atoms with Crippen LogP contribution in [-0.2, 0) is 0 Å². The minimum atomic E-state index is -1.04. The van der Waals surface area contributed by atoms with Gasteiger partial charge in [-0.3, -0.25) is 0 Å². The Labute approximate surface area is 75.2 Å². The van der Waals surface area contributed by atoms with Crippen molar-refractivity contribution in [2.45, 2.75) is 13.0 Å². The van der Waals surface area contributed by atoms with Crippen molar-refractivity contribution in [2.24, 2.45) is 5.73 Å². The van der Waals surface area contributed by atoms with Crippen molar-refractivity contribution in [3.05, 3.63) is 23.0 Å². The van der Waals surface area contributed by atoms with Crippen LogP contribution >= 0.6 is 0 Å². The molecule has 0 saturated heterocycles. The number of hydrogen-bond acceptors (Lipinski definition) is 3. The lowest BCUT2D eigenvalue weighted by atomic mass is 10.2. The first-order chi connectivity index (χ1) is 6.06. The minimum absolute atomic E-state index is 0.0694. The molecule has 5 nitrogen and oxygen atoms in total. The predicted molar refractivity (Wildman–Crippen MR) is 46.5 cm³/mol. The van der Waals surface area contributed by atoms with E-state index in [2.05, 4.69) is 4.98 Å². The second kappa shape index (κ2) is 3.59. The summed E-state index contributed by atoms with van der Waals surface area (Å²) in [5.41, 5.74) is 6.49. The molecule has 0 aliphatic carbocycles. The quantitative estimate of drug-likeness (QED) is 0.531. The topological polar surface area (TPSA) is 99.3 Å². The third-order valence-corrected chi connectivity index (χ3v) is 1.84. The number of H-pyrrole nitrogens is 1. The summed E-state index contributed by atoms with van der Waals surface area (Å²) in [5.74, 6) is -1.04. The van der Waals surface area contributed by atoms with Crippen LogP contribution < -0.4 is 5.73 Å². The van der Waals surface area contributed by atoms with Crippen molar-refractivity contribution in [2.75, 3.05) is 6.54 Å². The molecule has 0 aliphatic rings. The largest absolute Gasteiger partial charge is 0.477 e. The summed E-state index contributed by atoms with van der Waals surface area (Å²) in [5, 5.41) is 18.0. The molecular formula is C8H12N2O3. The number of hydrogen-bond donors (Lipinski definition) is 4. The van der Waals surface area contributed by atoms with Crippen LogP contribution in [0.1, 0.15) is 27.8 Å². The molecule has 0 saturated carbocycles. The van der Waals surface area contributed by atoms with E-state index in [1.54, 1.807) is 6.92 Å². The smallest absolute Gasteiger partial charge is 0.352 e. The molecule has 1 atom stereocenters. The van der Waals surface area contributed by atoms with Gasteiger partial charge in [0.2, 0.25) is 0 Å². The summed E-state index contributed by atoms with van der Waals surface area (Å²) in [6, 6.07) is 1.47. The van der Waals surface area contributed by atoms with Gasteiger partial charge in [-0.25, -0.2) is 4.79 Å². The highest BCUT2D eigenvalue weighted by Crippen LogP contribution is 2.16. The summed E-state index contributed by atoms with van der Waals surface area (Å²) in [4.78, 5) is 13.1. The molecule has 0 fully saturated rings. The number of carboxylic acid groups (broad SMARTS) is 1. The number of rotatable bonds is 3. The summed E-state index contributed by atoms with van der Waals surface area (Å²) >= 11 is 0. The molecule has 0 amide bonds. The first-order valence-electron chi connectivity index (χ1n) is 3.87. The van der Waals surface area contributed by atoms with E-state index in [0.717, 1.165) is 0 Å². The van der Waals surface area contributed by atoms with Crippen LogP contribution in [0.5, 0.6) is 0 Å². The normalized spacial score (nSPS) is 12.8. The zero-order valence-corrected chi connectivity index (χ0v) is 7.24. The average Bonchev–Trinajstić information content (AvgIpc) is 2.46. The van der Waals surface area contributed by atoms with E-state index in [0.29, 0.717) is 11.3 Å². The van der Waals surface area contributed by atoms with Crippen LogP contribution in [0.15, 0.2) is 6.07 Å². The number of carbonyl (C=O) groups is 1. The molecule has 0 aliphatic heterocycles. The number of carboxylic acids is 1. The molecule has 13 heavy (non-hydrogen) atoms. The molecule has 1 unspecified atom stereocenters. The molecule has 0 radical (unpaired) electrons. The third-order valence-electron chi connectivity index (χ3n) is 1.84. The van der Waals surface area contributed by atoms with Crippen LogP contribution in [0.2, 0.25) is 0 Å². The van der Waals surface area contributed by atoms with Gasteiger partial charge in [0, 0.05) is 12.2 Å². The Balaban J connectivity index is 3.02. The van der Waals surface area contributed by atoms with Crippen molar-refractivity contribution in [3.8, 4) is 0 Å². The van der Waals surface area contributed by atoms with Crippen LogP contribution in [0, 0.1) is 6.92 Å². The van der Waals surface area contributed by atoms with Gasteiger partial charge in [-0.2, -0.15) is 0 Å². The predicted octanol–water partition coefficient (Wildman–Crippen LogP) is 0.0134. The maximum absolute atomic E-state index is 10.5. The SMILES string of the molecule is Cc1cc(C(=O)O)[nH]c1C(O)CN. The maximum atomic E-state index is 10.5. The minimum Gasteiger partial charge on any atom is -0.477 e. The van der Waals surface area contributed by atoms with E-state index in [9.17, 15) is 9.90 Å². The number of nitrogens with two attached hydrogens (primary N) is 1. The van der Waals surface area contributed by atoms with Crippen molar-refractivity contribution in [1.29, 1.82) is 0 Å². The first kappa shape index (κ1) is 9.76. The molecule has 1 heterocycles. The van der Waals surface area contributed by atoms with Crippen molar-refractivity contribution in [1.82, 2.24) is 4.98 Å². The lowest BCUT2D eigenvalue weighted by Gasteiger charge is -2.05. The molecule has 1 rings (SSSR count). The highest BCUT2D eigenvalue weighted by Gasteiger charge is 2.14. The lowest BCUT2D eigenvalue weighted by molar-refractivity contribution is 0.0690. The van der Waals surface area contributed by atoms with Crippen molar-refractivity contribution >= 4 is 5.97 Å². The fraction of sp³-hybridized carbons (Fsp3) is 0.375. The number of aromatic amines is 1. The van der Waals surface area contributed by atoms with E-state index in [1.807, 2.05) is 0 Å². The van der Waals surface area contributed by atoms with Gasteiger partial charge in [-0.1, -0.05) is 0 Å². The van der Waals surface area contributed by atoms with Gasteiger partial charge >= 0.3 is 5.97 Å². The second-order valence-corrected chi connectivity index (χ2v) is 2.84. The van der Waals surface area contributed by atoms with E-state index in [1.165, 1.54) is 6.07 Å². The summed E-state index contributed by atoms with van der Waals surface area (Å²) < 4.78 is 0. The number of aliphatic hydroxyl groups is 1. The van der Waals surface area contributed by atoms with Crippen LogP contribution in [0.25, 0.3) is 0 Å². The molecule has 0 aromatic carbocycles. The van der Waals surface area contributed by atoms with Gasteiger partial charge in [0.25, 0.3) is 0 Å². The molecule has 1 aromatic rings. The highest BCUT2D eigenvalue weighted by atomic mass is 16.4. The fourth-order valence-electron chi connectivity index (χ4n) is 1.15. The van der Waals surface area contributed by atoms with Gasteiger partial charge in [0.1, 0.15) is 11.8 Å². The summed E-state index contributed by atoms with van der Waals surface area (Å²) in [6.07, 6.45) is -0.826. The number of aromatic carboxylic acids is 1. The van der Waals surface area contributed by atoms with Crippen LogP contribution in [0.4, 0.5) is 0 Å². The van der Waals surface area contributed by atoms with Crippen molar-refractivity contribution < 1.29 is 15.0 Å². The van der Waals surface area contributed by atoms with Gasteiger partial charge in [-0.05, 0) is 18.6 Å². The van der Waals surface area contributed by atoms with Gasteiger partial charge in [0.15, 0.2) is 0 Å². The Hall–Kier alpha value is -1.33. The Morgan fingerprint density at radius 1 is 1.77 bits per heavy atom. The Bertz CT molecular complexity index is 319.